The highest BCUT2D eigenvalue weighted by molar-refractivity contribution is 6.19. The highest BCUT2D eigenvalue weighted by atomic mass is 35.5. The van der Waals surface area contributed by atoms with E-state index in [0.29, 0.717) is 5.56 Å². The minimum Gasteiger partial charge on any atom is -0.465 e. The zero-order valence-electron chi connectivity index (χ0n) is 9.82. The van der Waals surface area contributed by atoms with Crippen LogP contribution in [0.2, 0.25) is 0 Å². The van der Waals surface area contributed by atoms with Crippen molar-refractivity contribution in [3.63, 3.8) is 0 Å². The number of hydrogen-bond acceptors (Lipinski definition) is 4. The van der Waals surface area contributed by atoms with Crippen molar-refractivity contribution >= 4 is 23.3 Å². The largest absolute Gasteiger partial charge is 0.465 e. The molecule has 0 unspecified atom stereocenters. The molecule has 0 aliphatic carbocycles. The fourth-order valence-electron chi connectivity index (χ4n) is 1.42. The number of benzene rings is 1. The van der Waals surface area contributed by atoms with Crippen molar-refractivity contribution in [2.24, 2.45) is 0 Å². The Morgan fingerprint density at radius 1 is 1.56 bits per heavy atom. The van der Waals surface area contributed by atoms with Crippen LogP contribution in [0, 0.1) is 28.9 Å². The van der Waals surface area contributed by atoms with Crippen LogP contribution in [-0.2, 0) is 4.74 Å². The van der Waals surface area contributed by atoms with Gasteiger partial charge in [-0.1, -0.05) is 11.8 Å². The van der Waals surface area contributed by atoms with Crippen molar-refractivity contribution in [1.82, 2.24) is 0 Å². The monoisotopic (exact) mass is 267 g/mol. The minimum absolute atomic E-state index is 0.106. The lowest BCUT2D eigenvalue weighted by molar-refractivity contribution is -0.385. The van der Waals surface area contributed by atoms with Gasteiger partial charge in [-0.05, 0) is 13.0 Å². The first kappa shape index (κ1) is 14.0. The Kier molecular flexibility index (Phi) is 4.69. The number of halogens is 1. The van der Waals surface area contributed by atoms with Crippen LogP contribution >= 0.6 is 11.6 Å². The molecule has 0 spiro atoms. The van der Waals surface area contributed by atoms with Gasteiger partial charge in [0.15, 0.2) is 0 Å². The van der Waals surface area contributed by atoms with Crippen molar-refractivity contribution in [2.45, 2.75) is 6.92 Å². The second-order valence-electron chi connectivity index (χ2n) is 3.35. The Morgan fingerprint density at radius 2 is 2.22 bits per heavy atom. The van der Waals surface area contributed by atoms with Crippen LogP contribution in [0.25, 0.3) is 0 Å². The lowest BCUT2D eigenvalue weighted by atomic mass is 10.0. The average Bonchev–Trinajstić information content (AvgIpc) is 2.36. The lowest BCUT2D eigenvalue weighted by Crippen LogP contribution is -2.06. The van der Waals surface area contributed by atoms with Crippen LogP contribution in [0.3, 0.4) is 0 Å². The number of nitro groups is 1. The fourth-order valence-corrected chi connectivity index (χ4v) is 1.49. The number of methoxy groups -OCH3 is 1. The lowest BCUT2D eigenvalue weighted by Gasteiger charge is -2.05. The highest BCUT2D eigenvalue weighted by Gasteiger charge is 2.20. The van der Waals surface area contributed by atoms with Gasteiger partial charge in [0.25, 0.3) is 5.69 Å². The van der Waals surface area contributed by atoms with Crippen molar-refractivity contribution < 1.29 is 14.5 Å². The van der Waals surface area contributed by atoms with E-state index in [0.717, 1.165) is 0 Å². The molecule has 0 atom stereocenters. The summed E-state index contributed by atoms with van der Waals surface area (Å²) < 4.78 is 4.58. The van der Waals surface area contributed by atoms with Crippen LogP contribution in [-0.4, -0.2) is 23.9 Å². The van der Waals surface area contributed by atoms with Gasteiger partial charge in [0, 0.05) is 17.2 Å². The molecular formula is C12H10ClNO4. The molecule has 0 heterocycles. The summed E-state index contributed by atoms with van der Waals surface area (Å²) in [4.78, 5) is 21.8. The number of alkyl halides is 1. The molecule has 5 nitrogen and oxygen atoms in total. The topological polar surface area (TPSA) is 69.4 Å². The molecule has 0 radical (unpaired) electrons. The Labute approximate surface area is 109 Å². The van der Waals surface area contributed by atoms with E-state index in [2.05, 4.69) is 16.6 Å². The van der Waals surface area contributed by atoms with Gasteiger partial charge in [0.05, 0.1) is 23.5 Å². The molecule has 0 saturated carbocycles. The summed E-state index contributed by atoms with van der Waals surface area (Å²) >= 11 is 5.42. The van der Waals surface area contributed by atoms with Crippen LogP contribution < -0.4 is 0 Å². The molecule has 0 saturated heterocycles. The molecule has 94 valence electrons. The van der Waals surface area contributed by atoms with E-state index >= 15 is 0 Å². The van der Waals surface area contributed by atoms with E-state index in [1.807, 2.05) is 0 Å². The normalized spacial score (nSPS) is 9.28. The average molecular weight is 268 g/mol. The van der Waals surface area contributed by atoms with E-state index in [4.69, 9.17) is 11.6 Å². The summed E-state index contributed by atoms with van der Waals surface area (Å²) in [6.07, 6.45) is 0. The maximum atomic E-state index is 11.5. The first-order chi connectivity index (χ1) is 8.51. The van der Waals surface area contributed by atoms with E-state index in [1.165, 1.54) is 26.2 Å². The molecule has 1 aromatic carbocycles. The highest BCUT2D eigenvalue weighted by Crippen LogP contribution is 2.24. The van der Waals surface area contributed by atoms with Gasteiger partial charge in [0.2, 0.25) is 0 Å². The molecule has 0 aromatic heterocycles. The number of nitrogens with zero attached hydrogens (tertiary/aromatic N) is 1. The van der Waals surface area contributed by atoms with Crippen molar-refractivity contribution in [3.8, 4) is 11.8 Å². The SMILES string of the molecule is COC(=O)c1cc(C#CCCl)cc([N+](=O)[O-])c1C. The number of ether oxygens (including phenoxy) is 1. The van der Waals surface area contributed by atoms with Crippen LogP contribution in [0.1, 0.15) is 21.5 Å². The molecule has 18 heavy (non-hydrogen) atoms. The third-order valence-corrected chi connectivity index (χ3v) is 2.42. The quantitative estimate of drug-likeness (QED) is 0.271. The molecule has 1 aromatic rings. The second kappa shape index (κ2) is 6.03. The summed E-state index contributed by atoms with van der Waals surface area (Å²) in [5.41, 5.74) is 0.568. The smallest absolute Gasteiger partial charge is 0.338 e. The second-order valence-corrected chi connectivity index (χ2v) is 3.62. The molecule has 0 amide bonds. The predicted molar refractivity (Wildman–Crippen MR) is 66.8 cm³/mol. The number of esters is 1. The number of carbonyl (C=O) groups excluding carboxylic acids is 1. The maximum absolute atomic E-state index is 11.5. The summed E-state index contributed by atoms with van der Waals surface area (Å²) in [7, 11) is 1.21. The number of carbonyl (C=O) groups is 1. The Bertz CT molecular complexity index is 557. The zero-order valence-corrected chi connectivity index (χ0v) is 10.6. The Balaban J connectivity index is 3.46. The molecule has 0 aliphatic rings. The fraction of sp³-hybridized carbons (Fsp3) is 0.250. The van der Waals surface area contributed by atoms with Gasteiger partial charge in [-0.2, -0.15) is 0 Å². The molecular weight excluding hydrogens is 258 g/mol. The van der Waals surface area contributed by atoms with E-state index in [-0.39, 0.29) is 22.7 Å². The third-order valence-electron chi connectivity index (χ3n) is 2.28. The van der Waals surface area contributed by atoms with E-state index in [9.17, 15) is 14.9 Å². The van der Waals surface area contributed by atoms with Crippen molar-refractivity contribution in [2.75, 3.05) is 13.0 Å². The van der Waals surface area contributed by atoms with Gasteiger partial charge in [-0.3, -0.25) is 10.1 Å². The zero-order chi connectivity index (χ0) is 13.7. The van der Waals surface area contributed by atoms with E-state index < -0.39 is 10.9 Å². The summed E-state index contributed by atoms with van der Waals surface area (Å²) in [5, 5.41) is 10.9. The van der Waals surface area contributed by atoms with Crippen molar-refractivity contribution in [3.05, 3.63) is 38.9 Å². The van der Waals surface area contributed by atoms with Crippen LogP contribution in [0.5, 0.6) is 0 Å². The van der Waals surface area contributed by atoms with Crippen LogP contribution in [0.15, 0.2) is 12.1 Å². The van der Waals surface area contributed by atoms with Gasteiger partial charge in [-0.15, -0.1) is 11.6 Å². The van der Waals surface area contributed by atoms with Gasteiger partial charge >= 0.3 is 5.97 Å². The van der Waals surface area contributed by atoms with E-state index in [1.54, 1.807) is 0 Å². The number of nitro benzene ring substituents is 1. The van der Waals surface area contributed by atoms with Crippen LogP contribution in [0.4, 0.5) is 5.69 Å². The Morgan fingerprint density at radius 3 is 2.72 bits per heavy atom. The summed E-state index contributed by atoms with van der Waals surface area (Å²) in [6.45, 7) is 1.49. The van der Waals surface area contributed by atoms with Gasteiger partial charge in [-0.25, -0.2) is 4.79 Å². The molecule has 0 fully saturated rings. The molecule has 1 rings (SSSR count). The summed E-state index contributed by atoms with van der Waals surface area (Å²) in [6, 6.07) is 2.76. The first-order valence-electron chi connectivity index (χ1n) is 4.93. The van der Waals surface area contributed by atoms with Crippen molar-refractivity contribution in [1.29, 1.82) is 0 Å². The number of rotatable bonds is 2. The van der Waals surface area contributed by atoms with Gasteiger partial charge in [0.1, 0.15) is 0 Å². The molecule has 6 heteroatoms. The van der Waals surface area contributed by atoms with Gasteiger partial charge < -0.3 is 4.74 Å². The minimum atomic E-state index is -0.634. The number of hydrogen-bond donors (Lipinski definition) is 0. The molecule has 0 aliphatic heterocycles. The predicted octanol–water partition coefficient (Wildman–Crippen LogP) is 2.28. The standard InChI is InChI=1S/C12H10ClNO4/c1-8-10(12(15)18-2)6-9(4-3-5-13)7-11(8)14(16)17/h6-7H,5H2,1-2H3. The first-order valence-corrected chi connectivity index (χ1v) is 5.47. The molecule has 0 bridgehead atoms. The Hall–Kier alpha value is -2.06. The molecule has 0 N–H and O–H groups in total. The maximum Gasteiger partial charge on any atom is 0.338 e. The third kappa shape index (κ3) is 2.99. The summed E-state index contributed by atoms with van der Waals surface area (Å²) in [5.74, 6) is 4.69.